The van der Waals surface area contributed by atoms with Crippen LogP contribution in [0.15, 0.2) is 72.8 Å². The molecule has 4 aromatic rings. The van der Waals surface area contributed by atoms with Gasteiger partial charge in [0.05, 0.1) is 11.4 Å². The van der Waals surface area contributed by atoms with Gasteiger partial charge in [-0.1, -0.05) is 60.7 Å². The van der Waals surface area contributed by atoms with Gasteiger partial charge in [0.1, 0.15) is 0 Å². The van der Waals surface area contributed by atoms with E-state index in [0.29, 0.717) is 12.1 Å². The van der Waals surface area contributed by atoms with Crippen molar-refractivity contribution in [2.45, 2.75) is 39.8 Å². The third kappa shape index (κ3) is 3.23. The first-order valence-electron chi connectivity index (χ1n) is 11.7. The molecule has 0 amide bonds. The van der Waals surface area contributed by atoms with Crippen molar-refractivity contribution in [3.63, 3.8) is 0 Å². The van der Waals surface area contributed by atoms with E-state index in [2.05, 4.69) is 129 Å². The van der Waals surface area contributed by atoms with Crippen molar-refractivity contribution in [2.75, 3.05) is 23.4 Å². The summed E-state index contributed by atoms with van der Waals surface area (Å²) >= 11 is 6.75. The van der Waals surface area contributed by atoms with Crippen LogP contribution in [-0.2, 0) is 11.8 Å². The second-order valence-electron chi connectivity index (χ2n) is 9.49. The molecule has 0 atom stereocenters. The Kier molecular flexibility index (Phi) is 5.52. The maximum absolute atomic E-state index is 6.75. The second-order valence-corrected chi connectivity index (χ2v) is 13.6. The quantitative estimate of drug-likeness (QED) is 0.280. The molecule has 0 N–H and O–H groups in total. The van der Waals surface area contributed by atoms with E-state index in [-0.39, 0.29) is 0 Å². The van der Waals surface area contributed by atoms with E-state index in [0.717, 1.165) is 0 Å². The summed E-state index contributed by atoms with van der Waals surface area (Å²) in [5, 5.41) is 5.06. The van der Waals surface area contributed by atoms with Crippen LogP contribution >= 0.6 is 6.49 Å². The van der Waals surface area contributed by atoms with Crippen molar-refractivity contribution in [1.29, 1.82) is 0 Å². The van der Waals surface area contributed by atoms with Crippen LogP contribution in [0.1, 0.15) is 27.7 Å². The Morgan fingerprint density at radius 1 is 0.636 bits per heavy atom. The Morgan fingerprint density at radius 3 is 1.42 bits per heavy atom. The number of benzene rings is 4. The van der Waals surface area contributed by atoms with E-state index in [1.807, 2.05) is 0 Å². The van der Waals surface area contributed by atoms with Gasteiger partial charge in [-0.2, -0.15) is 0 Å². The van der Waals surface area contributed by atoms with Gasteiger partial charge < -0.3 is 9.34 Å². The zero-order valence-corrected chi connectivity index (χ0v) is 22.0. The molecule has 1 aliphatic rings. The van der Waals surface area contributed by atoms with Crippen LogP contribution < -0.4 is 9.34 Å². The number of anilines is 2. The third-order valence-electron chi connectivity index (χ3n) is 6.90. The van der Waals surface area contributed by atoms with Gasteiger partial charge in [0.2, 0.25) is 0 Å². The first-order valence-corrected chi connectivity index (χ1v) is 14.3. The zero-order valence-electron chi connectivity index (χ0n) is 20.3. The van der Waals surface area contributed by atoms with Crippen LogP contribution in [0.3, 0.4) is 0 Å². The lowest BCUT2D eigenvalue weighted by molar-refractivity contribution is 0.320. The van der Waals surface area contributed by atoms with Crippen molar-refractivity contribution in [1.82, 2.24) is 4.67 Å². The number of hydrogen-bond donors (Lipinski definition) is 0. The largest absolute Gasteiger partial charge is 0.319 e. The van der Waals surface area contributed by atoms with Crippen LogP contribution in [-0.4, -0.2) is 30.8 Å². The summed E-state index contributed by atoms with van der Waals surface area (Å²) in [5.41, 5.74) is 5.00. The summed E-state index contributed by atoms with van der Waals surface area (Å²) in [7, 11) is 4.41. The molecule has 0 aliphatic carbocycles. The number of fused-ring (bicyclic) bond motifs is 7. The third-order valence-corrected chi connectivity index (χ3v) is 12.5. The lowest BCUT2D eigenvalue weighted by Crippen LogP contribution is -2.44. The smallest absolute Gasteiger partial charge is 0.194 e. The van der Waals surface area contributed by atoms with Gasteiger partial charge in [-0.3, -0.25) is 0 Å². The van der Waals surface area contributed by atoms with Crippen molar-refractivity contribution in [3.05, 3.63) is 72.8 Å². The van der Waals surface area contributed by atoms with Gasteiger partial charge >= 0.3 is 0 Å². The van der Waals surface area contributed by atoms with Crippen LogP contribution in [0.5, 0.6) is 0 Å². The standard InChI is InChI=1S/C28H32N3PS/c1-19(2)31(20(3)4)32(33)29(5)25-17-15-21-11-7-9-13-23(21)27(25)28-24-14-10-8-12-22(24)16-18-26(28)30(32)6/h7-20H,1-6H3. The molecule has 0 unspecified atom stereocenters. The number of nitrogens with zero attached hydrogens (tertiary/aromatic N) is 3. The topological polar surface area (TPSA) is 9.72 Å². The van der Waals surface area contributed by atoms with E-state index in [4.69, 9.17) is 11.8 Å². The Balaban J connectivity index is 1.98. The van der Waals surface area contributed by atoms with E-state index in [1.54, 1.807) is 0 Å². The summed E-state index contributed by atoms with van der Waals surface area (Å²) in [6, 6.07) is 27.2. The van der Waals surface area contributed by atoms with Crippen molar-refractivity contribution in [3.8, 4) is 11.1 Å². The monoisotopic (exact) mass is 473 g/mol. The van der Waals surface area contributed by atoms with E-state index in [9.17, 15) is 0 Å². The minimum atomic E-state index is -2.35. The molecular formula is C28H32N3PS. The molecule has 33 heavy (non-hydrogen) atoms. The molecule has 1 heterocycles. The minimum Gasteiger partial charge on any atom is -0.319 e. The highest BCUT2D eigenvalue weighted by Crippen LogP contribution is 2.65. The molecule has 5 heteroatoms. The molecular weight excluding hydrogens is 441 g/mol. The zero-order chi connectivity index (χ0) is 23.5. The Bertz CT molecular complexity index is 1310. The maximum atomic E-state index is 6.75. The van der Waals surface area contributed by atoms with Gasteiger partial charge in [-0.05, 0) is 73.2 Å². The lowest BCUT2D eigenvalue weighted by Gasteiger charge is -2.50. The van der Waals surface area contributed by atoms with E-state index in [1.165, 1.54) is 44.0 Å². The number of rotatable bonds is 3. The highest BCUT2D eigenvalue weighted by Gasteiger charge is 2.42. The maximum Gasteiger partial charge on any atom is 0.194 e. The van der Waals surface area contributed by atoms with Gasteiger partial charge in [-0.15, -0.1) is 0 Å². The van der Waals surface area contributed by atoms with Crippen LogP contribution in [0.4, 0.5) is 11.4 Å². The second kappa shape index (κ2) is 8.13. The molecule has 0 radical (unpaired) electrons. The molecule has 5 rings (SSSR count). The first-order chi connectivity index (χ1) is 15.8. The van der Waals surface area contributed by atoms with Gasteiger partial charge in [0.15, 0.2) is 6.49 Å². The molecule has 170 valence electrons. The minimum absolute atomic E-state index is 0.326. The molecule has 0 spiro atoms. The summed E-state index contributed by atoms with van der Waals surface area (Å²) in [6.45, 7) is 6.72. The van der Waals surface area contributed by atoms with Crippen LogP contribution in [0.2, 0.25) is 0 Å². The van der Waals surface area contributed by atoms with Crippen molar-refractivity contribution < 1.29 is 0 Å². The SMILES string of the molecule is CC(C)N(C(C)C)P1(=S)N(C)c2ccc3ccccc3c2-c2c(ccc3ccccc23)N1C. The van der Waals surface area contributed by atoms with Crippen LogP contribution in [0, 0.1) is 0 Å². The van der Waals surface area contributed by atoms with Crippen LogP contribution in [0.25, 0.3) is 32.7 Å². The highest BCUT2D eigenvalue weighted by molar-refractivity contribution is 8.14. The predicted octanol–water partition coefficient (Wildman–Crippen LogP) is 7.89. The average Bonchev–Trinajstić information content (AvgIpc) is 2.87. The van der Waals surface area contributed by atoms with Gasteiger partial charge in [-0.25, -0.2) is 4.67 Å². The molecule has 0 bridgehead atoms. The van der Waals surface area contributed by atoms with Gasteiger partial charge in [0, 0.05) is 37.3 Å². The Hall–Kier alpha value is -2.39. The molecule has 0 aromatic heterocycles. The molecule has 0 saturated carbocycles. The fourth-order valence-corrected chi connectivity index (χ4v) is 10.4. The molecule has 0 fully saturated rings. The Morgan fingerprint density at radius 2 is 1.03 bits per heavy atom. The summed E-state index contributed by atoms with van der Waals surface area (Å²) in [5.74, 6) is 0. The fraction of sp³-hybridized carbons (Fsp3) is 0.286. The van der Waals surface area contributed by atoms with Gasteiger partial charge in [0.25, 0.3) is 0 Å². The highest BCUT2D eigenvalue weighted by atomic mass is 32.4. The average molecular weight is 474 g/mol. The summed E-state index contributed by atoms with van der Waals surface area (Å²) in [6.07, 6.45) is 0. The summed E-state index contributed by atoms with van der Waals surface area (Å²) in [4.78, 5) is 0. The normalized spacial score (nSPS) is 15.4. The first kappa shape index (κ1) is 22.4. The summed E-state index contributed by atoms with van der Waals surface area (Å²) < 4.78 is 7.38. The van der Waals surface area contributed by atoms with E-state index < -0.39 is 6.49 Å². The van der Waals surface area contributed by atoms with Crippen molar-refractivity contribution >= 4 is 51.2 Å². The fourth-order valence-electron chi connectivity index (χ4n) is 5.57. The lowest BCUT2D eigenvalue weighted by atomic mass is 9.91. The molecule has 0 saturated heterocycles. The number of hydrogen-bond acceptors (Lipinski definition) is 1. The molecule has 4 aromatic carbocycles. The molecule has 1 aliphatic heterocycles. The Labute approximate surface area is 202 Å². The van der Waals surface area contributed by atoms with E-state index >= 15 is 0 Å². The predicted molar refractivity (Wildman–Crippen MR) is 150 cm³/mol. The molecule has 3 nitrogen and oxygen atoms in total. The van der Waals surface area contributed by atoms with Crippen molar-refractivity contribution in [2.24, 2.45) is 0 Å².